The van der Waals surface area contributed by atoms with Crippen molar-refractivity contribution in [3.63, 3.8) is 0 Å². The highest BCUT2D eigenvalue weighted by Crippen LogP contribution is 2.20. The third-order valence-electron chi connectivity index (χ3n) is 3.27. The van der Waals surface area contributed by atoms with Crippen LogP contribution in [0.15, 0.2) is 43.0 Å². The van der Waals surface area contributed by atoms with Gasteiger partial charge in [0.15, 0.2) is 0 Å². The lowest BCUT2D eigenvalue weighted by Gasteiger charge is -2.27. The van der Waals surface area contributed by atoms with Gasteiger partial charge < -0.3 is 5.73 Å². The molecule has 2 N–H and O–H groups in total. The molecule has 1 aromatic carbocycles. The van der Waals surface area contributed by atoms with E-state index in [0.717, 1.165) is 19.6 Å². The van der Waals surface area contributed by atoms with Crippen LogP contribution in [0.4, 0.5) is 0 Å². The van der Waals surface area contributed by atoms with Crippen molar-refractivity contribution in [2.45, 2.75) is 26.3 Å². The van der Waals surface area contributed by atoms with Crippen LogP contribution in [0.25, 0.3) is 0 Å². The largest absolute Gasteiger partial charge is 0.324 e. The van der Waals surface area contributed by atoms with Crippen molar-refractivity contribution in [1.82, 2.24) is 4.90 Å². The van der Waals surface area contributed by atoms with Gasteiger partial charge in [0.1, 0.15) is 0 Å². The summed E-state index contributed by atoms with van der Waals surface area (Å²) in [4.78, 5) is 2.42. The quantitative estimate of drug-likeness (QED) is 0.714. The van der Waals surface area contributed by atoms with Crippen molar-refractivity contribution in [1.29, 1.82) is 0 Å². The van der Waals surface area contributed by atoms with Gasteiger partial charge in [-0.15, -0.1) is 6.58 Å². The van der Waals surface area contributed by atoms with Crippen molar-refractivity contribution in [2.24, 2.45) is 11.7 Å². The van der Waals surface area contributed by atoms with Crippen LogP contribution in [-0.4, -0.2) is 24.5 Å². The van der Waals surface area contributed by atoms with E-state index < -0.39 is 0 Å². The average molecular weight is 246 g/mol. The molecule has 0 saturated heterocycles. The van der Waals surface area contributed by atoms with Crippen molar-refractivity contribution >= 4 is 0 Å². The molecule has 0 aliphatic carbocycles. The minimum atomic E-state index is 0.107. The second-order valence-electron chi connectivity index (χ2n) is 4.96. The second-order valence-corrected chi connectivity index (χ2v) is 4.96. The lowest BCUT2D eigenvalue weighted by Crippen LogP contribution is -2.34. The molecular formula is C16H26N2. The minimum Gasteiger partial charge on any atom is -0.324 e. The summed E-state index contributed by atoms with van der Waals surface area (Å²) in [7, 11) is 0. The lowest BCUT2D eigenvalue weighted by molar-refractivity contribution is 0.243. The highest BCUT2D eigenvalue weighted by molar-refractivity contribution is 5.19. The van der Waals surface area contributed by atoms with Crippen molar-refractivity contribution < 1.29 is 0 Å². The van der Waals surface area contributed by atoms with Gasteiger partial charge in [-0.2, -0.15) is 0 Å². The Morgan fingerprint density at radius 2 is 2.00 bits per heavy atom. The normalized spacial score (nSPS) is 14.4. The molecule has 1 aromatic rings. The van der Waals surface area contributed by atoms with E-state index in [4.69, 9.17) is 5.73 Å². The zero-order chi connectivity index (χ0) is 13.4. The summed E-state index contributed by atoms with van der Waals surface area (Å²) in [5.74, 6) is 0.443. The Balaban J connectivity index is 2.57. The van der Waals surface area contributed by atoms with Gasteiger partial charge in [0.25, 0.3) is 0 Å². The molecule has 2 unspecified atom stereocenters. The summed E-state index contributed by atoms with van der Waals surface area (Å²) < 4.78 is 0. The molecule has 100 valence electrons. The predicted octanol–water partition coefficient (Wildman–Crippen LogP) is 3.22. The molecule has 2 atom stereocenters. The van der Waals surface area contributed by atoms with Gasteiger partial charge in [0.2, 0.25) is 0 Å². The summed E-state index contributed by atoms with van der Waals surface area (Å²) in [5, 5.41) is 0. The maximum Gasteiger partial charge on any atom is 0.0333 e. The summed E-state index contributed by atoms with van der Waals surface area (Å²) in [6.07, 6.45) is 3.14. The van der Waals surface area contributed by atoms with E-state index in [2.05, 4.69) is 49.6 Å². The molecule has 0 heterocycles. The molecule has 0 amide bonds. The first-order chi connectivity index (χ1) is 8.69. The van der Waals surface area contributed by atoms with E-state index in [9.17, 15) is 0 Å². The summed E-state index contributed by atoms with van der Waals surface area (Å²) in [6, 6.07) is 10.5. The van der Waals surface area contributed by atoms with Crippen LogP contribution in [0, 0.1) is 5.92 Å². The number of hydrogen-bond donors (Lipinski definition) is 1. The molecule has 0 aromatic heterocycles. The fourth-order valence-electron chi connectivity index (χ4n) is 2.28. The first-order valence-electron chi connectivity index (χ1n) is 6.82. The van der Waals surface area contributed by atoms with E-state index in [1.54, 1.807) is 0 Å². The number of hydrogen-bond acceptors (Lipinski definition) is 2. The maximum atomic E-state index is 6.33. The number of nitrogens with two attached hydrogens (primary N) is 1. The van der Waals surface area contributed by atoms with E-state index >= 15 is 0 Å². The predicted molar refractivity (Wildman–Crippen MR) is 79.5 cm³/mol. The standard InChI is InChI=1S/C16H26N2/c1-4-11-18(12-5-2)13-14(3)16(17)15-9-7-6-8-10-15/h4,6-10,14,16H,1,5,11-13,17H2,2-3H3. The number of nitrogens with zero attached hydrogens (tertiary/aromatic N) is 1. The molecule has 2 nitrogen and oxygen atoms in total. The molecular weight excluding hydrogens is 220 g/mol. The Morgan fingerprint density at radius 1 is 1.33 bits per heavy atom. The Morgan fingerprint density at radius 3 is 2.56 bits per heavy atom. The van der Waals surface area contributed by atoms with Gasteiger partial charge >= 0.3 is 0 Å². The molecule has 0 saturated carbocycles. The average Bonchev–Trinajstić information content (AvgIpc) is 2.39. The lowest BCUT2D eigenvalue weighted by atomic mass is 9.95. The topological polar surface area (TPSA) is 29.3 Å². The molecule has 18 heavy (non-hydrogen) atoms. The van der Waals surface area contributed by atoms with Gasteiger partial charge in [-0.1, -0.05) is 50.3 Å². The van der Waals surface area contributed by atoms with Crippen LogP contribution in [0.3, 0.4) is 0 Å². The highest BCUT2D eigenvalue weighted by atomic mass is 15.1. The van der Waals surface area contributed by atoms with Gasteiger partial charge in [-0.3, -0.25) is 4.90 Å². The van der Waals surface area contributed by atoms with E-state index in [1.165, 1.54) is 12.0 Å². The molecule has 1 rings (SSSR count). The van der Waals surface area contributed by atoms with Crippen LogP contribution in [0.1, 0.15) is 31.9 Å². The molecule has 2 heteroatoms. The molecule has 0 radical (unpaired) electrons. The molecule has 0 aliphatic heterocycles. The maximum absolute atomic E-state index is 6.33. The monoisotopic (exact) mass is 246 g/mol. The zero-order valence-corrected chi connectivity index (χ0v) is 11.7. The summed E-state index contributed by atoms with van der Waals surface area (Å²) in [5.41, 5.74) is 7.55. The second kappa shape index (κ2) is 8.06. The Bertz CT molecular complexity index is 334. The van der Waals surface area contributed by atoms with E-state index in [-0.39, 0.29) is 6.04 Å². The molecule has 0 fully saturated rings. The molecule has 0 bridgehead atoms. The van der Waals surface area contributed by atoms with E-state index in [0.29, 0.717) is 5.92 Å². The van der Waals surface area contributed by atoms with Crippen LogP contribution >= 0.6 is 0 Å². The first kappa shape index (κ1) is 14.9. The Kier molecular flexibility index (Phi) is 6.69. The van der Waals surface area contributed by atoms with Gasteiger partial charge in [-0.25, -0.2) is 0 Å². The number of benzene rings is 1. The van der Waals surface area contributed by atoms with E-state index in [1.807, 2.05) is 12.1 Å². The highest BCUT2D eigenvalue weighted by Gasteiger charge is 2.17. The fraction of sp³-hybridized carbons (Fsp3) is 0.500. The van der Waals surface area contributed by atoms with Gasteiger partial charge in [0, 0.05) is 19.1 Å². The Labute approximate surface area is 111 Å². The molecule has 0 spiro atoms. The van der Waals surface area contributed by atoms with Crippen LogP contribution in [-0.2, 0) is 0 Å². The first-order valence-corrected chi connectivity index (χ1v) is 6.82. The van der Waals surface area contributed by atoms with Crippen molar-refractivity contribution in [2.75, 3.05) is 19.6 Å². The minimum absolute atomic E-state index is 0.107. The zero-order valence-electron chi connectivity index (χ0n) is 11.7. The molecule has 0 aliphatic rings. The van der Waals surface area contributed by atoms with Gasteiger partial charge in [-0.05, 0) is 24.4 Å². The fourth-order valence-corrected chi connectivity index (χ4v) is 2.28. The summed E-state index contributed by atoms with van der Waals surface area (Å²) in [6.45, 7) is 11.3. The SMILES string of the molecule is C=CCN(CCC)CC(C)C(N)c1ccccc1. The van der Waals surface area contributed by atoms with Crippen LogP contribution in [0.2, 0.25) is 0 Å². The third-order valence-corrected chi connectivity index (χ3v) is 3.27. The van der Waals surface area contributed by atoms with Crippen molar-refractivity contribution in [3.05, 3.63) is 48.6 Å². The smallest absolute Gasteiger partial charge is 0.0333 e. The van der Waals surface area contributed by atoms with Crippen molar-refractivity contribution in [3.8, 4) is 0 Å². The third kappa shape index (κ3) is 4.63. The van der Waals surface area contributed by atoms with Crippen LogP contribution < -0.4 is 5.73 Å². The Hall–Kier alpha value is -1.12. The summed E-state index contributed by atoms with van der Waals surface area (Å²) >= 11 is 0. The number of rotatable bonds is 8. The van der Waals surface area contributed by atoms with Gasteiger partial charge in [0.05, 0.1) is 0 Å². The van der Waals surface area contributed by atoms with Crippen LogP contribution in [0.5, 0.6) is 0 Å².